The Labute approximate surface area is 137 Å². The first-order valence-corrected chi connectivity index (χ1v) is 8.69. The molecule has 0 unspecified atom stereocenters. The summed E-state index contributed by atoms with van der Waals surface area (Å²) in [5, 5.41) is 21.6. The van der Waals surface area contributed by atoms with E-state index in [1.807, 2.05) is 13.8 Å². The molecule has 2 fully saturated rings. The number of hydrogen-bond donors (Lipinski definition) is 2. The molecule has 0 aromatic carbocycles. The standard InChI is InChI=1S/C16H28O5S/c1-4-5-6-7-8-9-16-14(20-15(2,3)21-16)12(18)13(19-16)11(17)10-22/h10-14,17-18H,4-9H2,1-3H3/t11-,12+,13-,14-,16-/m1/s1. The number of rotatable bonds is 8. The first-order chi connectivity index (χ1) is 10.4. The lowest BCUT2D eigenvalue weighted by atomic mass is 9.98. The molecule has 0 amide bonds. The molecule has 0 spiro atoms. The summed E-state index contributed by atoms with van der Waals surface area (Å²) in [7, 11) is 0. The van der Waals surface area contributed by atoms with E-state index in [-0.39, 0.29) is 0 Å². The van der Waals surface area contributed by atoms with E-state index < -0.39 is 36.0 Å². The van der Waals surface area contributed by atoms with Gasteiger partial charge in [0.05, 0.1) is 0 Å². The zero-order chi connectivity index (χ0) is 16.4. The third-order valence-electron chi connectivity index (χ3n) is 4.35. The normalized spacial score (nSPS) is 38.0. The summed E-state index contributed by atoms with van der Waals surface area (Å²) in [5.41, 5.74) is 0. The lowest BCUT2D eigenvalue weighted by molar-refractivity contribution is -0.271. The maximum absolute atomic E-state index is 10.4. The van der Waals surface area contributed by atoms with E-state index in [0.717, 1.165) is 12.8 Å². The lowest BCUT2D eigenvalue weighted by Crippen LogP contribution is -2.41. The number of unbranched alkanes of at least 4 members (excludes halogenated alkanes) is 4. The first-order valence-electron chi connectivity index (χ1n) is 8.22. The average molecular weight is 332 g/mol. The minimum absolute atomic E-state index is 0.594. The van der Waals surface area contributed by atoms with Crippen molar-refractivity contribution >= 4 is 17.6 Å². The van der Waals surface area contributed by atoms with Gasteiger partial charge in [-0.25, -0.2) is 0 Å². The number of aliphatic hydroxyl groups is 2. The molecule has 2 aliphatic heterocycles. The summed E-state index contributed by atoms with van der Waals surface area (Å²) in [6.45, 7) is 5.80. The van der Waals surface area contributed by atoms with Crippen LogP contribution in [0.2, 0.25) is 0 Å². The third kappa shape index (κ3) is 3.68. The van der Waals surface area contributed by atoms with Gasteiger partial charge in [-0.3, -0.25) is 0 Å². The molecule has 0 saturated carbocycles. The van der Waals surface area contributed by atoms with E-state index in [0.29, 0.717) is 6.42 Å². The van der Waals surface area contributed by atoms with Crippen LogP contribution in [0, 0.1) is 0 Å². The fourth-order valence-electron chi connectivity index (χ4n) is 3.36. The van der Waals surface area contributed by atoms with E-state index in [1.165, 1.54) is 24.6 Å². The predicted molar refractivity (Wildman–Crippen MR) is 86.7 cm³/mol. The van der Waals surface area contributed by atoms with Gasteiger partial charge in [-0.05, 0) is 20.3 Å². The molecule has 0 aliphatic carbocycles. The highest BCUT2D eigenvalue weighted by Gasteiger charge is 2.64. The molecular formula is C16H28O5S. The van der Waals surface area contributed by atoms with Crippen molar-refractivity contribution in [3.8, 4) is 0 Å². The Balaban J connectivity index is 2.04. The Hall–Kier alpha value is -0.110. The van der Waals surface area contributed by atoms with Crippen LogP contribution in [-0.2, 0) is 14.2 Å². The Kier molecular flexibility index (Phi) is 5.96. The highest BCUT2D eigenvalue weighted by molar-refractivity contribution is 7.79. The minimum Gasteiger partial charge on any atom is -0.387 e. The van der Waals surface area contributed by atoms with Crippen molar-refractivity contribution in [1.82, 2.24) is 0 Å². The fraction of sp³-hybridized carbons (Fsp3) is 0.938. The zero-order valence-corrected chi connectivity index (χ0v) is 14.5. The number of ether oxygens (including phenoxy) is 3. The third-order valence-corrected chi connectivity index (χ3v) is 4.63. The van der Waals surface area contributed by atoms with Crippen LogP contribution in [0.1, 0.15) is 59.3 Å². The SMILES string of the molecule is CCCCCCC[C@]12O[C@H]([C@H](O)C=S)[C@H](O)[C@H]1OC(C)(C)O2. The molecule has 2 heterocycles. The van der Waals surface area contributed by atoms with Gasteiger partial charge in [0, 0.05) is 11.8 Å². The maximum Gasteiger partial charge on any atom is 0.201 e. The second-order valence-corrected chi connectivity index (χ2v) is 6.99. The molecular weight excluding hydrogens is 304 g/mol. The van der Waals surface area contributed by atoms with E-state index in [2.05, 4.69) is 6.92 Å². The van der Waals surface area contributed by atoms with Gasteiger partial charge < -0.3 is 24.4 Å². The van der Waals surface area contributed by atoms with E-state index in [1.54, 1.807) is 0 Å². The van der Waals surface area contributed by atoms with E-state index in [4.69, 9.17) is 26.4 Å². The second-order valence-electron chi connectivity index (χ2n) is 6.72. The van der Waals surface area contributed by atoms with Gasteiger partial charge in [0.15, 0.2) is 5.79 Å². The zero-order valence-electron chi connectivity index (χ0n) is 13.7. The van der Waals surface area contributed by atoms with Crippen LogP contribution in [0.3, 0.4) is 0 Å². The highest BCUT2D eigenvalue weighted by Crippen LogP contribution is 2.48. The summed E-state index contributed by atoms with van der Waals surface area (Å²) in [6.07, 6.45) is 2.90. The highest BCUT2D eigenvalue weighted by atomic mass is 32.1. The maximum atomic E-state index is 10.4. The largest absolute Gasteiger partial charge is 0.387 e. The van der Waals surface area contributed by atoms with Gasteiger partial charge in [0.2, 0.25) is 5.79 Å². The molecule has 5 nitrogen and oxygen atoms in total. The molecule has 0 aromatic rings. The van der Waals surface area contributed by atoms with Gasteiger partial charge in [-0.1, -0.05) is 44.8 Å². The van der Waals surface area contributed by atoms with Crippen molar-refractivity contribution in [3.05, 3.63) is 0 Å². The van der Waals surface area contributed by atoms with Crippen LogP contribution in [0.5, 0.6) is 0 Å². The molecule has 2 N–H and O–H groups in total. The second kappa shape index (κ2) is 7.20. The van der Waals surface area contributed by atoms with Gasteiger partial charge in [0.25, 0.3) is 0 Å². The summed E-state index contributed by atoms with van der Waals surface area (Å²) in [6, 6.07) is 0. The summed E-state index contributed by atoms with van der Waals surface area (Å²) >= 11 is 4.76. The van der Waals surface area contributed by atoms with Gasteiger partial charge >= 0.3 is 0 Å². The fourth-order valence-corrected chi connectivity index (χ4v) is 3.52. The van der Waals surface area contributed by atoms with E-state index >= 15 is 0 Å². The molecule has 0 aromatic heterocycles. The number of thiocarbonyl (C=S) groups is 1. The number of fused-ring (bicyclic) bond motifs is 1. The topological polar surface area (TPSA) is 68.2 Å². The monoisotopic (exact) mass is 332 g/mol. The number of aliphatic hydroxyl groups excluding tert-OH is 2. The van der Waals surface area contributed by atoms with Crippen molar-refractivity contribution in [2.45, 2.75) is 95.3 Å². The Bertz CT molecular complexity index is 389. The summed E-state index contributed by atoms with van der Waals surface area (Å²) < 4.78 is 17.8. The Morgan fingerprint density at radius 2 is 1.86 bits per heavy atom. The van der Waals surface area contributed by atoms with Crippen LogP contribution in [0.25, 0.3) is 0 Å². The molecule has 22 heavy (non-hydrogen) atoms. The van der Waals surface area contributed by atoms with E-state index in [9.17, 15) is 10.2 Å². The van der Waals surface area contributed by atoms with Gasteiger partial charge in [-0.2, -0.15) is 0 Å². The Morgan fingerprint density at radius 3 is 2.50 bits per heavy atom. The van der Waals surface area contributed by atoms with Gasteiger partial charge in [-0.15, -0.1) is 0 Å². The van der Waals surface area contributed by atoms with Crippen LogP contribution in [0.4, 0.5) is 0 Å². The summed E-state index contributed by atoms with van der Waals surface area (Å²) in [5.74, 6) is -1.79. The van der Waals surface area contributed by atoms with Crippen LogP contribution in [0.15, 0.2) is 0 Å². The average Bonchev–Trinajstić information content (AvgIpc) is 2.87. The van der Waals surface area contributed by atoms with Crippen LogP contribution >= 0.6 is 12.2 Å². The predicted octanol–water partition coefficient (Wildman–Crippen LogP) is 2.32. The first kappa shape index (κ1) is 18.2. The minimum atomic E-state index is -1.01. The lowest BCUT2D eigenvalue weighted by Gasteiger charge is -2.29. The molecule has 0 bridgehead atoms. The van der Waals surface area contributed by atoms with Crippen molar-refractivity contribution in [3.63, 3.8) is 0 Å². The molecule has 6 heteroatoms. The molecule has 2 rings (SSSR count). The van der Waals surface area contributed by atoms with Crippen molar-refractivity contribution < 1.29 is 24.4 Å². The number of hydrogen-bond acceptors (Lipinski definition) is 6. The smallest absolute Gasteiger partial charge is 0.201 e. The quantitative estimate of drug-likeness (QED) is 0.525. The molecule has 128 valence electrons. The van der Waals surface area contributed by atoms with Crippen LogP contribution < -0.4 is 0 Å². The van der Waals surface area contributed by atoms with Gasteiger partial charge in [0.1, 0.15) is 24.4 Å². The molecule has 2 saturated heterocycles. The van der Waals surface area contributed by atoms with Crippen molar-refractivity contribution in [2.75, 3.05) is 0 Å². The molecule has 2 aliphatic rings. The Morgan fingerprint density at radius 1 is 1.18 bits per heavy atom. The molecule has 0 radical (unpaired) electrons. The summed E-state index contributed by atoms with van der Waals surface area (Å²) in [4.78, 5) is 0. The van der Waals surface area contributed by atoms with Crippen molar-refractivity contribution in [1.29, 1.82) is 0 Å². The molecule has 5 atom stereocenters. The van der Waals surface area contributed by atoms with Crippen LogP contribution in [-0.4, -0.2) is 51.6 Å². The van der Waals surface area contributed by atoms with Crippen molar-refractivity contribution in [2.24, 2.45) is 0 Å².